The SMILES string of the molecule is COC(=O)C(C)CN(C)c1ccnc(OC)c1. The average molecular weight is 238 g/mol. The predicted molar refractivity (Wildman–Crippen MR) is 65.2 cm³/mol. The van der Waals surface area contributed by atoms with Crippen LogP contribution in [0, 0.1) is 5.92 Å². The Morgan fingerprint density at radius 3 is 2.82 bits per heavy atom. The summed E-state index contributed by atoms with van der Waals surface area (Å²) in [6.07, 6.45) is 1.67. The zero-order valence-electron chi connectivity index (χ0n) is 10.6. The van der Waals surface area contributed by atoms with E-state index in [1.807, 2.05) is 31.0 Å². The van der Waals surface area contributed by atoms with E-state index in [9.17, 15) is 4.79 Å². The Kier molecular flexibility index (Phi) is 4.75. The van der Waals surface area contributed by atoms with Gasteiger partial charge >= 0.3 is 5.97 Å². The molecule has 0 spiro atoms. The molecular weight excluding hydrogens is 220 g/mol. The summed E-state index contributed by atoms with van der Waals surface area (Å²) in [4.78, 5) is 17.3. The number of carbonyl (C=O) groups is 1. The lowest BCUT2D eigenvalue weighted by atomic mass is 10.1. The van der Waals surface area contributed by atoms with E-state index in [0.29, 0.717) is 12.4 Å². The second-order valence-corrected chi connectivity index (χ2v) is 3.86. The lowest BCUT2D eigenvalue weighted by Crippen LogP contribution is -2.29. The fourth-order valence-electron chi connectivity index (χ4n) is 1.54. The molecule has 0 aliphatic carbocycles. The van der Waals surface area contributed by atoms with E-state index >= 15 is 0 Å². The summed E-state index contributed by atoms with van der Waals surface area (Å²) in [5.74, 6) is 0.169. The van der Waals surface area contributed by atoms with Crippen molar-refractivity contribution in [1.29, 1.82) is 0 Å². The van der Waals surface area contributed by atoms with Crippen molar-refractivity contribution in [1.82, 2.24) is 4.98 Å². The van der Waals surface area contributed by atoms with Crippen molar-refractivity contribution < 1.29 is 14.3 Å². The fourth-order valence-corrected chi connectivity index (χ4v) is 1.54. The zero-order chi connectivity index (χ0) is 12.8. The number of methoxy groups -OCH3 is 2. The first-order chi connectivity index (χ1) is 8.08. The van der Waals surface area contributed by atoms with Gasteiger partial charge in [-0.05, 0) is 6.07 Å². The molecule has 0 bridgehead atoms. The van der Waals surface area contributed by atoms with Crippen LogP contribution in [0.15, 0.2) is 18.3 Å². The molecule has 0 saturated heterocycles. The van der Waals surface area contributed by atoms with Crippen LogP contribution in [0.2, 0.25) is 0 Å². The van der Waals surface area contributed by atoms with Gasteiger partial charge in [0.05, 0.1) is 20.1 Å². The third kappa shape index (κ3) is 3.62. The van der Waals surface area contributed by atoms with Crippen LogP contribution >= 0.6 is 0 Å². The number of rotatable bonds is 5. The normalized spacial score (nSPS) is 11.8. The highest BCUT2D eigenvalue weighted by Gasteiger charge is 2.16. The van der Waals surface area contributed by atoms with Gasteiger partial charge in [0.25, 0.3) is 0 Å². The number of nitrogens with zero attached hydrogens (tertiary/aromatic N) is 2. The number of ether oxygens (including phenoxy) is 2. The molecule has 1 heterocycles. The fraction of sp³-hybridized carbons (Fsp3) is 0.500. The number of carbonyl (C=O) groups excluding carboxylic acids is 1. The Morgan fingerprint density at radius 1 is 1.53 bits per heavy atom. The molecule has 0 N–H and O–H groups in total. The van der Waals surface area contributed by atoms with E-state index in [-0.39, 0.29) is 11.9 Å². The standard InChI is InChI=1S/C12H18N2O3/c1-9(12(15)17-4)8-14(2)10-5-6-13-11(7-10)16-3/h5-7,9H,8H2,1-4H3. The second-order valence-electron chi connectivity index (χ2n) is 3.86. The van der Waals surface area contributed by atoms with E-state index in [1.165, 1.54) is 7.11 Å². The topological polar surface area (TPSA) is 51.7 Å². The first-order valence-electron chi connectivity index (χ1n) is 5.37. The van der Waals surface area contributed by atoms with Crippen molar-refractivity contribution in [2.45, 2.75) is 6.92 Å². The third-order valence-electron chi connectivity index (χ3n) is 2.52. The molecule has 1 aromatic rings. The van der Waals surface area contributed by atoms with Gasteiger partial charge in [-0.3, -0.25) is 4.79 Å². The highest BCUT2D eigenvalue weighted by molar-refractivity contribution is 5.72. The van der Waals surface area contributed by atoms with Crippen molar-refractivity contribution in [2.75, 3.05) is 32.7 Å². The van der Waals surface area contributed by atoms with Crippen LogP contribution in [0.5, 0.6) is 5.88 Å². The van der Waals surface area contributed by atoms with Crippen molar-refractivity contribution in [3.05, 3.63) is 18.3 Å². The van der Waals surface area contributed by atoms with Crippen LogP contribution in [-0.4, -0.2) is 38.8 Å². The number of esters is 1. The average Bonchev–Trinajstić information content (AvgIpc) is 2.37. The Balaban J connectivity index is 2.68. The highest BCUT2D eigenvalue weighted by atomic mass is 16.5. The minimum absolute atomic E-state index is 0.177. The van der Waals surface area contributed by atoms with Crippen LogP contribution < -0.4 is 9.64 Å². The van der Waals surface area contributed by atoms with Crippen LogP contribution in [0.4, 0.5) is 5.69 Å². The molecule has 0 radical (unpaired) electrons. The molecule has 94 valence electrons. The summed E-state index contributed by atoms with van der Waals surface area (Å²) in [6, 6.07) is 3.69. The van der Waals surface area contributed by atoms with Crippen molar-refractivity contribution in [3.8, 4) is 5.88 Å². The first-order valence-corrected chi connectivity index (χ1v) is 5.37. The summed E-state index contributed by atoms with van der Waals surface area (Å²) >= 11 is 0. The lowest BCUT2D eigenvalue weighted by molar-refractivity contribution is -0.144. The Labute approximate surface area is 101 Å². The van der Waals surface area contributed by atoms with Gasteiger partial charge in [-0.15, -0.1) is 0 Å². The van der Waals surface area contributed by atoms with Crippen molar-refractivity contribution in [2.24, 2.45) is 5.92 Å². The van der Waals surface area contributed by atoms with E-state index in [0.717, 1.165) is 5.69 Å². The number of aromatic nitrogens is 1. The molecule has 0 aromatic carbocycles. The summed E-state index contributed by atoms with van der Waals surface area (Å²) in [5, 5.41) is 0. The van der Waals surface area contributed by atoms with E-state index in [1.54, 1.807) is 13.3 Å². The van der Waals surface area contributed by atoms with Gasteiger partial charge in [-0.1, -0.05) is 6.92 Å². The van der Waals surface area contributed by atoms with Crippen LogP contribution in [0.25, 0.3) is 0 Å². The molecule has 0 amide bonds. The van der Waals surface area contributed by atoms with Gasteiger partial charge in [0, 0.05) is 31.5 Å². The molecule has 0 aliphatic heterocycles. The zero-order valence-corrected chi connectivity index (χ0v) is 10.6. The number of hydrogen-bond acceptors (Lipinski definition) is 5. The number of hydrogen-bond donors (Lipinski definition) is 0. The van der Waals surface area contributed by atoms with Crippen LogP contribution in [-0.2, 0) is 9.53 Å². The Hall–Kier alpha value is -1.78. The molecule has 0 saturated carbocycles. The number of pyridine rings is 1. The van der Waals surface area contributed by atoms with Crippen LogP contribution in [0.3, 0.4) is 0 Å². The minimum Gasteiger partial charge on any atom is -0.481 e. The molecule has 1 aromatic heterocycles. The summed E-state index contributed by atoms with van der Waals surface area (Å²) < 4.78 is 9.74. The Bertz CT molecular complexity index is 382. The summed E-state index contributed by atoms with van der Waals surface area (Å²) in [7, 11) is 4.88. The lowest BCUT2D eigenvalue weighted by Gasteiger charge is -2.22. The third-order valence-corrected chi connectivity index (χ3v) is 2.52. The smallest absolute Gasteiger partial charge is 0.310 e. The molecule has 17 heavy (non-hydrogen) atoms. The maximum Gasteiger partial charge on any atom is 0.310 e. The highest BCUT2D eigenvalue weighted by Crippen LogP contribution is 2.18. The molecule has 0 aliphatic rings. The molecule has 5 nitrogen and oxygen atoms in total. The maximum absolute atomic E-state index is 11.3. The van der Waals surface area contributed by atoms with E-state index < -0.39 is 0 Å². The van der Waals surface area contributed by atoms with Crippen molar-refractivity contribution >= 4 is 11.7 Å². The van der Waals surface area contributed by atoms with Gasteiger partial charge < -0.3 is 14.4 Å². The van der Waals surface area contributed by atoms with Gasteiger partial charge in [-0.25, -0.2) is 4.98 Å². The quantitative estimate of drug-likeness (QED) is 0.724. The molecular formula is C12H18N2O3. The molecule has 0 fully saturated rings. The Morgan fingerprint density at radius 2 is 2.24 bits per heavy atom. The summed E-state index contributed by atoms with van der Waals surface area (Å²) in [6.45, 7) is 2.42. The van der Waals surface area contributed by atoms with Gasteiger partial charge in [-0.2, -0.15) is 0 Å². The first kappa shape index (κ1) is 13.3. The minimum atomic E-state index is -0.210. The molecule has 5 heteroatoms. The largest absolute Gasteiger partial charge is 0.481 e. The van der Waals surface area contributed by atoms with Gasteiger partial charge in [0.1, 0.15) is 0 Å². The van der Waals surface area contributed by atoms with Gasteiger partial charge in [0.15, 0.2) is 0 Å². The predicted octanol–water partition coefficient (Wildman–Crippen LogP) is 1.34. The molecule has 1 atom stereocenters. The van der Waals surface area contributed by atoms with E-state index in [2.05, 4.69) is 4.98 Å². The van der Waals surface area contributed by atoms with Crippen molar-refractivity contribution in [3.63, 3.8) is 0 Å². The maximum atomic E-state index is 11.3. The van der Waals surface area contributed by atoms with Gasteiger partial charge in [0.2, 0.25) is 5.88 Å². The summed E-state index contributed by atoms with van der Waals surface area (Å²) in [5.41, 5.74) is 0.951. The van der Waals surface area contributed by atoms with E-state index in [4.69, 9.17) is 9.47 Å². The van der Waals surface area contributed by atoms with Crippen LogP contribution in [0.1, 0.15) is 6.92 Å². The second kappa shape index (κ2) is 6.08. The molecule has 1 rings (SSSR count). The molecule has 1 unspecified atom stereocenters. The monoisotopic (exact) mass is 238 g/mol. The number of anilines is 1.